The molecular weight excluding hydrogens is 208 g/mol. The number of phenols is 1. The van der Waals surface area contributed by atoms with Gasteiger partial charge in [0, 0.05) is 12.7 Å². The SMILES string of the molecule is COC1(CC(=O)O)CCc2c(O)cccc21. The Bertz CT molecular complexity index is 427. The topological polar surface area (TPSA) is 66.8 Å². The van der Waals surface area contributed by atoms with Crippen LogP contribution < -0.4 is 0 Å². The second-order valence-electron chi connectivity index (χ2n) is 4.07. The maximum atomic E-state index is 10.9. The molecule has 1 aromatic rings. The maximum Gasteiger partial charge on any atom is 0.306 e. The van der Waals surface area contributed by atoms with E-state index in [0.717, 1.165) is 11.1 Å². The number of aromatic hydroxyl groups is 1. The van der Waals surface area contributed by atoms with E-state index in [1.165, 1.54) is 7.11 Å². The van der Waals surface area contributed by atoms with Crippen LogP contribution in [0.2, 0.25) is 0 Å². The number of aliphatic carboxylic acids is 1. The summed E-state index contributed by atoms with van der Waals surface area (Å²) in [5.74, 6) is -0.667. The smallest absolute Gasteiger partial charge is 0.306 e. The van der Waals surface area contributed by atoms with E-state index >= 15 is 0 Å². The lowest BCUT2D eigenvalue weighted by Gasteiger charge is -2.27. The Morgan fingerprint density at radius 1 is 1.56 bits per heavy atom. The molecule has 1 unspecified atom stereocenters. The van der Waals surface area contributed by atoms with Gasteiger partial charge in [-0.3, -0.25) is 4.79 Å². The molecule has 2 N–H and O–H groups in total. The third-order valence-electron chi connectivity index (χ3n) is 3.25. The summed E-state index contributed by atoms with van der Waals surface area (Å²) in [6, 6.07) is 5.16. The number of phenolic OH excluding ortho intramolecular Hbond substituents is 1. The molecule has 0 aromatic heterocycles. The molecular formula is C12H14O4. The van der Waals surface area contributed by atoms with Crippen molar-refractivity contribution in [1.29, 1.82) is 0 Å². The third-order valence-corrected chi connectivity index (χ3v) is 3.25. The first-order chi connectivity index (χ1) is 7.59. The average molecular weight is 222 g/mol. The zero-order chi connectivity index (χ0) is 11.8. The highest BCUT2D eigenvalue weighted by Gasteiger charge is 2.41. The molecule has 0 saturated carbocycles. The zero-order valence-corrected chi connectivity index (χ0v) is 9.06. The van der Waals surface area contributed by atoms with Crippen molar-refractivity contribution >= 4 is 5.97 Å². The van der Waals surface area contributed by atoms with Crippen molar-refractivity contribution in [3.63, 3.8) is 0 Å². The number of methoxy groups -OCH3 is 1. The van der Waals surface area contributed by atoms with Crippen LogP contribution in [0.3, 0.4) is 0 Å². The Morgan fingerprint density at radius 3 is 2.94 bits per heavy atom. The van der Waals surface area contributed by atoms with Crippen molar-refractivity contribution in [3.8, 4) is 5.75 Å². The molecule has 1 aliphatic rings. The first kappa shape index (κ1) is 11.0. The number of carboxylic acid groups (broad SMARTS) is 1. The zero-order valence-electron chi connectivity index (χ0n) is 9.06. The van der Waals surface area contributed by atoms with Gasteiger partial charge in [0.15, 0.2) is 0 Å². The van der Waals surface area contributed by atoms with Gasteiger partial charge in [0.2, 0.25) is 0 Å². The van der Waals surface area contributed by atoms with Crippen LogP contribution in [0, 0.1) is 0 Å². The van der Waals surface area contributed by atoms with E-state index in [4.69, 9.17) is 9.84 Å². The van der Waals surface area contributed by atoms with Crippen molar-refractivity contribution in [3.05, 3.63) is 29.3 Å². The summed E-state index contributed by atoms with van der Waals surface area (Å²) in [5, 5.41) is 18.6. The summed E-state index contributed by atoms with van der Waals surface area (Å²) in [7, 11) is 1.52. The molecule has 0 fully saturated rings. The number of benzene rings is 1. The van der Waals surface area contributed by atoms with E-state index < -0.39 is 11.6 Å². The summed E-state index contributed by atoms with van der Waals surface area (Å²) in [5.41, 5.74) is 0.836. The molecule has 0 saturated heterocycles. The summed E-state index contributed by atoms with van der Waals surface area (Å²) >= 11 is 0. The van der Waals surface area contributed by atoms with E-state index in [0.29, 0.717) is 12.8 Å². The molecule has 1 aliphatic carbocycles. The minimum Gasteiger partial charge on any atom is -0.508 e. The van der Waals surface area contributed by atoms with E-state index in [9.17, 15) is 9.90 Å². The third kappa shape index (κ3) is 1.55. The fraction of sp³-hybridized carbons (Fsp3) is 0.417. The van der Waals surface area contributed by atoms with Crippen LogP contribution in [0.25, 0.3) is 0 Å². The lowest BCUT2D eigenvalue weighted by molar-refractivity contribution is -0.144. The highest BCUT2D eigenvalue weighted by molar-refractivity contribution is 5.69. The van der Waals surface area contributed by atoms with Crippen molar-refractivity contribution in [2.24, 2.45) is 0 Å². The molecule has 0 radical (unpaired) electrons. The van der Waals surface area contributed by atoms with Crippen LogP contribution in [0.1, 0.15) is 24.0 Å². The number of carbonyl (C=O) groups is 1. The summed E-state index contributed by atoms with van der Waals surface area (Å²) in [6.45, 7) is 0. The predicted molar refractivity (Wildman–Crippen MR) is 57.4 cm³/mol. The quantitative estimate of drug-likeness (QED) is 0.816. The van der Waals surface area contributed by atoms with E-state index in [2.05, 4.69) is 0 Å². The van der Waals surface area contributed by atoms with Crippen LogP contribution in [0.15, 0.2) is 18.2 Å². The molecule has 0 amide bonds. The standard InChI is InChI=1S/C12H14O4/c1-16-12(7-11(14)15)6-5-8-9(12)3-2-4-10(8)13/h2-4,13H,5-7H2,1H3,(H,14,15). The normalized spacial score (nSPS) is 23.1. The molecule has 2 rings (SSSR count). The lowest BCUT2D eigenvalue weighted by Crippen LogP contribution is -2.28. The van der Waals surface area contributed by atoms with E-state index in [1.54, 1.807) is 12.1 Å². The number of rotatable bonds is 3. The van der Waals surface area contributed by atoms with Gasteiger partial charge in [-0.05, 0) is 24.5 Å². The van der Waals surface area contributed by atoms with Crippen LogP contribution in [-0.2, 0) is 21.6 Å². The highest BCUT2D eigenvalue weighted by Crippen LogP contribution is 2.45. The first-order valence-electron chi connectivity index (χ1n) is 5.17. The first-order valence-corrected chi connectivity index (χ1v) is 5.17. The number of ether oxygens (including phenoxy) is 1. The second-order valence-corrected chi connectivity index (χ2v) is 4.07. The Labute approximate surface area is 93.5 Å². The molecule has 4 heteroatoms. The van der Waals surface area contributed by atoms with Crippen molar-refractivity contribution in [1.82, 2.24) is 0 Å². The number of hydrogen-bond acceptors (Lipinski definition) is 3. The average Bonchev–Trinajstić information content (AvgIpc) is 2.59. The molecule has 16 heavy (non-hydrogen) atoms. The monoisotopic (exact) mass is 222 g/mol. The summed E-state index contributed by atoms with van der Waals surface area (Å²) in [4.78, 5) is 10.9. The van der Waals surface area contributed by atoms with Crippen molar-refractivity contribution in [2.45, 2.75) is 24.9 Å². The van der Waals surface area contributed by atoms with Gasteiger partial charge >= 0.3 is 5.97 Å². The minimum absolute atomic E-state index is 0.0695. The van der Waals surface area contributed by atoms with Crippen LogP contribution in [0.5, 0.6) is 5.75 Å². The summed E-state index contributed by atoms with van der Waals surface area (Å²) in [6.07, 6.45) is 1.19. The Kier molecular flexibility index (Phi) is 2.59. The van der Waals surface area contributed by atoms with Crippen LogP contribution in [0.4, 0.5) is 0 Å². The van der Waals surface area contributed by atoms with Crippen molar-refractivity contribution in [2.75, 3.05) is 7.11 Å². The van der Waals surface area contributed by atoms with Crippen LogP contribution in [-0.4, -0.2) is 23.3 Å². The molecule has 0 spiro atoms. The molecule has 86 valence electrons. The Morgan fingerprint density at radius 2 is 2.31 bits per heavy atom. The highest BCUT2D eigenvalue weighted by atomic mass is 16.5. The summed E-state index contributed by atoms with van der Waals surface area (Å²) < 4.78 is 5.40. The van der Waals surface area contributed by atoms with Gasteiger partial charge in [0.1, 0.15) is 11.4 Å². The van der Waals surface area contributed by atoms with Gasteiger partial charge in [-0.1, -0.05) is 12.1 Å². The Balaban J connectivity index is 2.47. The predicted octanol–water partition coefficient (Wildman–Crippen LogP) is 1.65. The number of fused-ring (bicyclic) bond motifs is 1. The van der Waals surface area contributed by atoms with E-state index in [-0.39, 0.29) is 12.2 Å². The van der Waals surface area contributed by atoms with Gasteiger partial charge in [-0.25, -0.2) is 0 Å². The van der Waals surface area contributed by atoms with Gasteiger partial charge < -0.3 is 14.9 Å². The Hall–Kier alpha value is -1.55. The maximum absolute atomic E-state index is 10.9. The van der Waals surface area contributed by atoms with Gasteiger partial charge in [-0.15, -0.1) is 0 Å². The minimum atomic E-state index is -0.891. The van der Waals surface area contributed by atoms with Crippen molar-refractivity contribution < 1.29 is 19.7 Å². The molecule has 0 bridgehead atoms. The fourth-order valence-electron chi connectivity index (χ4n) is 2.44. The van der Waals surface area contributed by atoms with Gasteiger partial charge in [0.25, 0.3) is 0 Å². The van der Waals surface area contributed by atoms with Gasteiger partial charge in [0.05, 0.1) is 6.42 Å². The number of carboxylic acids is 1. The molecule has 0 aliphatic heterocycles. The largest absolute Gasteiger partial charge is 0.508 e. The number of hydrogen-bond donors (Lipinski definition) is 2. The lowest BCUT2D eigenvalue weighted by atomic mass is 9.92. The molecule has 1 aromatic carbocycles. The van der Waals surface area contributed by atoms with Gasteiger partial charge in [-0.2, -0.15) is 0 Å². The second kappa shape index (κ2) is 3.79. The molecule has 0 heterocycles. The molecule has 4 nitrogen and oxygen atoms in total. The van der Waals surface area contributed by atoms with E-state index in [1.807, 2.05) is 6.07 Å². The van der Waals surface area contributed by atoms with Crippen LogP contribution >= 0.6 is 0 Å². The fourth-order valence-corrected chi connectivity index (χ4v) is 2.44. The molecule has 1 atom stereocenters.